The van der Waals surface area contributed by atoms with E-state index in [0.29, 0.717) is 30.4 Å². The second-order valence-electron chi connectivity index (χ2n) is 10.9. The van der Waals surface area contributed by atoms with E-state index in [1.165, 1.54) is 25.3 Å². The smallest absolute Gasteiger partial charge is 0.219 e. The number of benzene rings is 1. The molecule has 0 spiro atoms. The Morgan fingerprint density at radius 2 is 2.00 bits per heavy atom. The fourth-order valence-corrected chi connectivity index (χ4v) is 5.55. The van der Waals surface area contributed by atoms with Crippen LogP contribution in [0.15, 0.2) is 42.9 Å². The number of H-pyrrole nitrogens is 1. The lowest BCUT2D eigenvalue weighted by Crippen LogP contribution is -2.62. The van der Waals surface area contributed by atoms with Gasteiger partial charge in [0.2, 0.25) is 11.9 Å². The highest BCUT2D eigenvalue weighted by atomic mass is 19.1. The van der Waals surface area contributed by atoms with E-state index in [1.54, 1.807) is 24.3 Å². The Hall–Kier alpha value is -4.23. The average Bonchev–Trinajstić information content (AvgIpc) is 3.37. The number of anilines is 3. The minimum absolute atomic E-state index is 0.0257. The van der Waals surface area contributed by atoms with Gasteiger partial charge in [-0.25, -0.2) is 18.2 Å². The van der Waals surface area contributed by atoms with E-state index in [4.69, 9.17) is 15.9 Å². The number of nitrogens with one attached hydrogen (secondary N) is 3. The van der Waals surface area contributed by atoms with Gasteiger partial charge in [-0.15, -0.1) is 0 Å². The Morgan fingerprint density at radius 3 is 2.62 bits per heavy atom. The molecule has 0 bridgehead atoms. The number of carbonyl (C=O) groups excluding carboxylic acids is 1. The first-order chi connectivity index (χ1) is 20.0. The number of aromatic nitrogens is 3. The molecule has 2 fully saturated rings. The number of amides is 1. The lowest BCUT2D eigenvalue weighted by atomic mass is 9.88. The number of hydrogen-bond acceptors (Lipinski definition) is 8. The molecule has 2 aromatic heterocycles. The van der Waals surface area contributed by atoms with Crippen molar-refractivity contribution in [3.63, 3.8) is 0 Å². The first-order valence-electron chi connectivity index (χ1n) is 13.5. The maximum Gasteiger partial charge on any atom is 0.219 e. The quantitative estimate of drug-likeness (QED) is 0.297. The van der Waals surface area contributed by atoms with Gasteiger partial charge in [-0.05, 0) is 41.8 Å². The minimum atomic E-state index is -1.92. The molecule has 0 radical (unpaired) electrons. The summed E-state index contributed by atoms with van der Waals surface area (Å²) in [7, 11) is 1.78. The molecular weight excluding hydrogens is 549 g/mol. The Bertz CT molecular complexity index is 1490. The number of ether oxygens (including phenoxy) is 1. The van der Waals surface area contributed by atoms with Gasteiger partial charge in [0.1, 0.15) is 11.6 Å². The van der Waals surface area contributed by atoms with Crippen molar-refractivity contribution < 1.29 is 22.7 Å². The number of alkyl halides is 1. The highest BCUT2D eigenvalue weighted by Crippen LogP contribution is 2.36. The molecule has 1 aromatic carbocycles. The summed E-state index contributed by atoms with van der Waals surface area (Å²) < 4.78 is 48.7. The highest BCUT2D eigenvalue weighted by molar-refractivity contribution is 6.09. The monoisotopic (exact) mass is 582 g/mol. The van der Waals surface area contributed by atoms with Crippen LogP contribution in [0.3, 0.4) is 0 Å². The van der Waals surface area contributed by atoms with Gasteiger partial charge in [-0.2, -0.15) is 0 Å². The molecule has 42 heavy (non-hydrogen) atoms. The number of nitrogens with zero attached hydrogens (tertiary/aromatic N) is 4. The van der Waals surface area contributed by atoms with Crippen molar-refractivity contribution in [1.82, 2.24) is 19.9 Å². The predicted octanol–water partition coefficient (Wildman–Crippen LogP) is 3.73. The summed E-state index contributed by atoms with van der Waals surface area (Å²) in [5, 5.41) is 11.4. The number of halogens is 3. The van der Waals surface area contributed by atoms with E-state index in [0.717, 1.165) is 17.8 Å². The largest absolute Gasteiger partial charge is 0.374 e. The Labute approximate surface area is 241 Å². The Morgan fingerprint density at radius 1 is 1.29 bits per heavy atom. The van der Waals surface area contributed by atoms with Crippen molar-refractivity contribution in [2.24, 2.45) is 11.7 Å². The second-order valence-corrected chi connectivity index (χ2v) is 10.9. The number of aromatic amines is 1. The zero-order valence-electron chi connectivity index (χ0n) is 23.5. The number of imidazole rings is 1. The van der Waals surface area contributed by atoms with Gasteiger partial charge in [-0.3, -0.25) is 9.78 Å². The fraction of sp³-hybridized carbons (Fsp3) is 0.379. The summed E-state index contributed by atoms with van der Waals surface area (Å²) in [5.41, 5.74) is 5.50. The third-order valence-electron chi connectivity index (χ3n) is 7.81. The van der Waals surface area contributed by atoms with E-state index in [9.17, 15) is 18.0 Å². The van der Waals surface area contributed by atoms with Gasteiger partial charge in [0.05, 0.1) is 60.0 Å². The predicted molar refractivity (Wildman–Crippen MR) is 154 cm³/mol. The normalized spacial score (nSPS) is 21.7. The number of hydrogen-bond donors (Lipinski definition) is 4. The van der Waals surface area contributed by atoms with Crippen LogP contribution in [-0.4, -0.2) is 76.9 Å². The van der Waals surface area contributed by atoms with Crippen LogP contribution in [0.2, 0.25) is 0 Å². The van der Waals surface area contributed by atoms with Crippen LogP contribution in [0.1, 0.15) is 30.7 Å². The van der Waals surface area contributed by atoms with Crippen LogP contribution in [-0.2, 0) is 15.2 Å². The lowest BCUT2D eigenvalue weighted by molar-refractivity contribution is -0.135. The van der Waals surface area contributed by atoms with Gasteiger partial charge in [0.15, 0.2) is 5.67 Å². The standard InChI is InChI=1S/C29H33F3N8O2/c1-16-12-40(13-23(34)27(16)39(3)17(2)41)25-6-7-35-11-24(25)38-28-36-10-19(37-28)4-5-22(33)26-20(30)8-18(9-21(26)31)29(32)14-42-15-29/h4-11,16,23,27,33H,12-15,34H2,1-3H3,(H2,36,37,38)/b5-4-,33-22?. The molecule has 4 heterocycles. The molecule has 222 valence electrons. The minimum Gasteiger partial charge on any atom is -0.374 e. The summed E-state index contributed by atoms with van der Waals surface area (Å²) in [4.78, 5) is 27.4. The fourth-order valence-electron chi connectivity index (χ4n) is 5.55. The maximum absolute atomic E-state index is 14.7. The van der Waals surface area contributed by atoms with Gasteiger partial charge < -0.3 is 36.0 Å². The molecule has 2 aliphatic rings. The van der Waals surface area contributed by atoms with Gasteiger partial charge in [0, 0.05) is 39.3 Å². The molecule has 13 heteroatoms. The number of rotatable bonds is 8. The van der Waals surface area contributed by atoms with E-state index < -0.39 is 28.6 Å². The van der Waals surface area contributed by atoms with Crippen molar-refractivity contribution in [2.45, 2.75) is 31.6 Å². The molecule has 5 N–H and O–H groups in total. The molecule has 3 aromatic rings. The van der Waals surface area contributed by atoms with Crippen LogP contribution in [0, 0.1) is 23.0 Å². The van der Waals surface area contributed by atoms with Crippen molar-refractivity contribution in [3.05, 3.63) is 71.3 Å². The average molecular weight is 583 g/mol. The van der Waals surface area contributed by atoms with Crippen LogP contribution < -0.4 is 16.0 Å². The van der Waals surface area contributed by atoms with Crippen LogP contribution in [0.5, 0.6) is 0 Å². The highest BCUT2D eigenvalue weighted by Gasteiger charge is 2.42. The summed E-state index contributed by atoms with van der Waals surface area (Å²) in [6, 6.07) is 3.36. The Balaban J connectivity index is 1.27. The molecular formula is C29H33F3N8O2. The molecule has 0 aliphatic carbocycles. The number of nitrogens with two attached hydrogens (primary N) is 1. The van der Waals surface area contributed by atoms with Crippen molar-refractivity contribution >= 4 is 35.0 Å². The van der Waals surface area contributed by atoms with Crippen LogP contribution in [0.25, 0.3) is 6.08 Å². The molecule has 3 unspecified atom stereocenters. The number of likely N-dealkylation sites (N-methyl/N-ethyl adjacent to an activating group) is 1. The zero-order chi connectivity index (χ0) is 30.2. The van der Waals surface area contributed by atoms with E-state index in [1.807, 2.05) is 6.07 Å². The summed E-state index contributed by atoms with van der Waals surface area (Å²) in [6.07, 6.45) is 7.55. The van der Waals surface area contributed by atoms with Gasteiger partial charge >= 0.3 is 0 Å². The summed E-state index contributed by atoms with van der Waals surface area (Å²) in [5.74, 6) is -1.56. The van der Waals surface area contributed by atoms with Gasteiger partial charge in [-0.1, -0.05) is 6.92 Å². The first kappa shape index (κ1) is 29.3. The van der Waals surface area contributed by atoms with Gasteiger partial charge in [0.25, 0.3) is 0 Å². The third-order valence-corrected chi connectivity index (χ3v) is 7.81. The third kappa shape index (κ3) is 5.74. The number of allylic oxidation sites excluding steroid dienone is 1. The summed E-state index contributed by atoms with van der Waals surface area (Å²) >= 11 is 0. The number of pyridine rings is 1. The van der Waals surface area contributed by atoms with E-state index in [2.05, 4.69) is 32.1 Å². The Kier molecular flexibility index (Phi) is 8.06. The molecule has 1 amide bonds. The number of carbonyl (C=O) groups is 1. The summed E-state index contributed by atoms with van der Waals surface area (Å²) in [6.45, 7) is 4.30. The second kappa shape index (κ2) is 11.6. The topological polar surface area (TPSA) is 136 Å². The molecule has 2 aliphatic heterocycles. The molecule has 2 saturated heterocycles. The molecule has 3 atom stereocenters. The maximum atomic E-state index is 14.7. The van der Waals surface area contributed by atoms with E-state index in [-0.39, 0.29) is 42.7 Å². The van der Waals surface area contributed by atoms with Crippen LogP contribution in [0.4, 0.5) is 30.5 Å². The lowest BCUT2D eigenvalue weighted by Gasteiger charge is -2.46. The molecule has 0 saturated carbocycles. The van der Waals surface area contributed by atoms with Crippen LogP contribution >= 0.6 is 0 Å². The SMILES string of the molecule is CC(=O)N(C)C1C(C)CN(c2ccncc2Nc2ncc(/C=C\C(=N)c3c(F)cc(C4(F)COC4)cc3F)[nH]2)CC1N. The first-order valence-corrected chi connectivity index (χ1v) is 13.5. The molecule has 10 nitrogen and oxygen atoms in total. The zero-order valence-corrected chi connectivity index (χ0v) is 23.5. The van der Waals surface area contributed by atoms with Crippen molar-refractivity contribution in [3.8, 4) is 0 Å². The van der Waals surface area contributed by atoms with Crippen molar-refractivity contribution in [1.29, 1.82) is 5.41 Å². The molecule has 5 rings (SSSR count). The number of piperidine rings is 1. The van der Waals surface area contributed by atoms with E-state index >= 15 is 0 Å². The van der Waals surface area contributed by atoms with Crippen molar-refractivity contribution in [2.75, 3.05) is 43.6 Å².